The number of aromatic nitrogens is 2. The van der Waals surface area contributed by atoms with Crippen LogP contribution >= 0.6 is 0 Å². The van der Waals surface area contributed by atoms with Crippen LogP contribution in [0.5, 0.6) is 0 Å². The van der Waals surface area contributed by atoms with E-state index in [0.29, 0.717) is 12.6 Å². The predicted octanol–water partition coefficient (Wildman–Crippen LogP) is 0.952. The van der Waals surface area contributed by atoms with Crippen LogP contribution in [0.3, 0.4) is 0 Å². The van der Waals surface area contributed by atoms with E-state index in [1.807, 2.05) is 12.4 Å². The number of rotatable bonds is 4. The van der Waals surface area contributed by atoms with E-state index in [1.54, 1.807) is 0 Å². The summed E-state index contributed by atoms with van der Waals surface area (Å²) in [6.45, 7) is 3.68. The van der Waals surface area contributed by atoms with E-state index < -0.39 is 0 Å². The molecule has 4 nitrogen and oxygen atoms in total. The molecule has 4 heteroatoms. The highest BCUT2D eigenvalue weighted by Gasteiger charge is 2.24. The van der Waals surface area contributed by atoms with Gasteiger partial charge >= 0.3 is 0 Å². The molecule has 15 heavy (non-hydrogen) atoms. The van der Waals surface area contributed by atoms with Gasteiger partial charge in [0, 0.05) is 25.4 Å². The minimum atomic E-state index is 0.267. The van der Waals surface area contributed by atoms with Crippen molar-refractivity contribution in [1.29, 1.82) is 0 Å². The zero-order valence-electron chi connectivity index (χ0n) is 9.22. The van der Waals surface area contributed by atoms with Crippen LogP contribution in [0.25, 0.3) is 0 Å². The summed E-state index contributed by atoms with van der Waals surface area (Å²) in [5, 5.41) is 0. The van der Waals surface area contributed by atoms with Crippen molar-refractivity contribution in [1.82, 2.24) is 9.55 Å². The van der Waals surface area contributed by atoms with Gasteiger partial charge in [-0.2, -0.15) is 0 Å². The smallest absolute Gasteiger partial charge is 0.108 e. The molecule has 0 aromatic carbocycles. The van der Waals surface area contributed by atoms with Crippen molar-refractivity contribution in [3.8, 4) is 0 Å². The Hall–Kier alpha value is -0.870. The summed E-state index contributed by atoms with van der Waals surface area (Å²) in [6, 6.07) is 0. The molecule has 0 spiro atoms. The van der Waals surface area contributed by atoms with Crippen molar-refractivity contribution < 1.29 is 4.74 Å². The molecule has 1 aliphatic rings. The molecule has 1 aliphatic heterocycles. The molecule has 2 unspecified atom stereocenters. The normalized spacial score (nSPS) is 26.0. The van der Waals surface area contributed by atoms with Crippen LogP contribution in [0, 0.1) is 0 Å². The quantitative estimate of drug-likeness (QED) is 0.803. The number of hydrogen-bond donors (Lipinski definition) is 1. The Morgan fingerprint density at radius 3 is 3.00 bits per heavy atom. The van der Waals surface area contributed by atoms with Gasteiger partial charge in [0.2, 0.25) is 0 Å². The molecule has 0 saturated carbocycles. The van der Waals surface area contributed by atoms with Gasteiger partial charge in [-0.1, -0.05) is 6.92 Å². The minimum Gasteiger partial charge on any atom is -0.372 e. The maximum absolute atomic E-state index is 5.81. The van der Waals surface area contributed by atoms with Gasteiger partial charge in [0.1, 0.15) is 5.82 Å². The first-order valence-electron chi connectivity index (χ1n) is 5.69. The summed E-state index contributed by atoms with van der Waals surface area (Å²) < 4.78 is 7.99. The van der Waals surface area contributed by atoms with Crippen molar-refractivity contribution in [3.63, 3.8) is 0 Å². The summed E-state index contributed by atoms with van der Waals surface area (Å²) in [5.41, 5.74) is 5.58. The van der Waals surface area contributed by atoms with Gasteiger partial charge < -0.3 is 15.0 Å². The van der Waals surface area contributed by atoms with E-state index in [1.165, 1.54) is 0 Å². The number of hydrogen-bond acceptors (Lipinski definition) is 3. The van der Waals surface area contributed by atoms with Gasteiger partial charge in [-0.15, -0.1) is 0 Å². The number of aryl methyl sites for hydroxylation is 1. The molecule has 1 fully saturated rings. The highest BCUT2D eigenvalue weighted by atomic mass is 16.5. The second kappa shape index (κ2) is 4.77. The summed E-state index contributed by atoms with van der Waals surface area (Å²) in [4.78, 5) is 4.30. The minimum absolute atomic E-state index is 0.267. The third-order valence-corrected chi connectivity index (χ3v) is 2.98. The number of nitrogens with two attached hydrogens (primary N) is 1. The third-order valence-electron chi connectivity index (χ3n) is 2.98. The third kappa shape index (κ3) is 2.38. The standard InChI is InChI=1S/C11H19N3O/c1-2-11-13-5-6-14(11)8-10-4-3-9(7-12)15-10/h5-6,9-10H,2-4,7-8,12H2,1H3. The summed E-state index contributed by atoms with van der Waals surface area (Å²) in [6.07, 6.45) is 7.65. The molecule has 2 N–H and O–H groups in total. The van der Waals surface area contributed by atoms with E-state index in [2.05, 4.69) is 16.5 Å². The second-order valence-corrected chi connectivity index (χ2v) is 4.04. The van der Waals surface area contributed by atoms with Crippen molar-refractivity contribution in [3.05, 3.63) is 18.2 Å². The molecule has 1 aromatic heterocycles. The molecule has 0 radical (unpaired) electrons. The fraction of sp³-hybridized carbons (Fsp3) is 0.727. The number of ether oxygens (including phenoxy) is 1. The zero-order chi connectivity index (χ0) is 10.7. The van der Waals surface area contributed by atoms with E-state index in [-0.39, 0.29) is 6.10 Å². The molecule has 0 aliphatic carbocycles. The average Bonchev–Trinajstić information content (AvgIpc) is 2.87. The maximum Gasteiger partial charge on any atom is 0.108 e. The topological polar surface area (TPSA) is 53.1 Å². The Balaban J connectivity index is 1.92. The fourth-order valence-corrected chi connectivity index (χ4v) is 2.13. The molecule has 1 aromatic rings. The van der Waals surface area contributed by atoms with Crippen molar-refractivity contribution in [2.24, 2.45) is 5.73 Å². The fourth-order valence-electron chi connectivity index (χ4n) is 2.13. The molecule has 0 amide bonds. The van der Waals surface area contributed by atoms with Crippen molar-refractivity contribution in [2.75, 3.05) is 6.54 Å². The summed E-state index contributed by atoms with van der Waals surface area (Å²) >= 11 is 0. The van der Waals surface area contributed by atoms with Gasteiger partial charge in [0.25, 0.3) is 0 Å². The first kappa shape index (κ1) is 10.6. The molecule has 0 bridgehead atoms. The predicted molar refractivity (Wildman–Crippen MR) is 58.6 cm³/mol. The molecular formula is C11H19N3O. The Kier molecular flexibility index (Phi) is 3.38. The largest absolute Gasteiger partial charge is 0.372 e. The first-order chi connectivity index (χ1) is 7.33. The number of imidazole rings is 1. The van der Waals surface area contributed by atoms with Crippen LogP contribution < -0.4 is 5.73 Å². The summed E-state index contributed by atoms with van der Waals surface area (Å²) in [5.74, 6) is 1.13. The lowest BCUT2D eigenvalue weighted by Crippen LogP contribution is -2.23. The molecular weight excluding hydrogens is 190 g/mol. The Labute approximate surface area is 90.4 Å². The van der Waals surface area contributed by atoms with Crippen LogP contribution in [-0.4, -0.2) is 28.3 Å². The average molecular weight is 209 g/mol. The Morgan fingerprint density at radius 2 is 2.33 bits per heavy atom. The van der Waals surface area contributed by atoms with Gasteiger partial charge in [0.05, 0.1) is 18.8 Å². The molecule has 2 heterocycles. The van der Waals surface area contributed by atoms with E-state index in [9.17, 15) is 0 Å². The van der Waals surface area contributed by atoms with E-state index >= 15 is 0 Å². The van der Waals surface area contributed by atoms with E-state index in [0.717, 1.165) is 31.6 Å². The summed E-state index contributed by atoms with van der Waals surface area (Å²) in [7, 11) is 0. The second-order valence-electron chi connectivity index (χ2n) is 4.04. The lowest BCUT2D eigenvalue weighted by atomic mass is 10.2. The van der Waals surface area contributed by atoms with Crippen LogP contribution in [0.15, 0.2) is 12.4 Å². The van der Waals surface area contributed by atoms with E-state index in [4.69, 9.17) is 10.5 Å². The van der Waals surface area contributed by atoms with Crippen LogP contribution in [-0.2, 0) is 17.7 Å². The zero-order valence-corrected chi connectivity index (χ0v) is 9.22. The van der Waals surface area contributed by atoms with Crippen LogP contribution in [0.2, 0.25) is 0 Å². The highest BCUT2D eigenvalue weighted by Crippen LogP contribution is 2.20. The van der Waals surface area contributed by atoms with Crippen LogP contribution in [0.4, 0.5) is 0 Å². The lowest BCUT2D eigenvalue weighted by Gasteiger charge is -2.14. The monoisotopic (exact) mass is 209 g/mol. The Morgan fingerprint density at radius 1 is 1.53 bits per heavy atom. The number of nitrogens with zero attached hydrogens (tertiary/aromatic N) is 2. The lowest BCUT2D eigenvalue weighted by molar-refractivity contribution is 0.0401. The first-order valence-corrected chi connectivity index (χ1v) is 5.69. The Bertz CT molecular complexity index is 311. The van der Waals surface area contributed by atoms with Crippen LogP contribution in [0.1, 0.15) is 25.6 Å². The molecule has 2 rings (SSSR count). The highest BCUT2D eigenvalue weighted by molar-refractivity contribution is 4.92. The molecule has 2 atom stereocenters. The van der Waals surface area contributed by atoms with Crippen molar-refractivity contribution in [2.45, 2.75) is 44.9 Å². The van der Waals surface area contributed by atoms with Gasteiger partial charge in [-0.25, -0.2) is 4.98 Å². The van der Waals surface area contributed by atoms with Crippen molar-refractivity contribution >= 4 is 0 Å². The SMILES string of the molecule is CCc1nccn1CC1CCC(CN)O1. The maximum atomic E-state index is 5.81. The van der Waals surface area contributed by atoms with Gasteiger partial charge in [-0.05, 0) is 12.8 Å². The van der Waals surface area contributed by atoms with Gasteiger partial charge in [-0.3, -0.25) is 0 Å². The molecule has 1 saturated heterocycles. The van der Waals surface area contributed by atoms with Gasteiger partial charge in [0.15, 0.2) is 0 Å². The molecule has 84 valence electrons.